The van der Waals surface area contributed by atoms with Crippen LogP contribution in [0.5, 0.6) is 5.75 Å². The molecule has 3 rings (SSSR count). The predicted molar refractivity (Wildman–Crippen MR) is 71.2 cm³/mol. The minimum atomic E-state index is -0.345. The molecule has 0 bridgehead atoms. The SMILES string of the molecule is CCn1cc(CC(=O)C2Cc3ccccc3O2)cn1. The third-order valence-corrected chi connectivity index (χ3v) is 3.40. The van der Waals surface area contributed by atoms with Gasteiger partial charge in [0.2, 0.25) is 0 Å². The Morgan fingerprint density at radius 2 is 2.32 bits per heavy atom. The van der Waals surface area contributed by atoms with Gasteiger partial charge in [-0.3, -0.25) is 9.48 Å². The fraction of sp³-hybridized carbons (Fsp3) is 0.333. The van der Waals surface area contributed by atoms with Crippen LogP contribution >= 0.6 is 0 Å². The maximum atomic E-state index is 12.2. The molecule has 4 nitrogen and oxygen atoms in total. The quantitative estimate of drug-likeness (QED) is 0.840. The minimum absolute atomic E-state index is 0.117. The molecule has 0 N–H and O–H groups in total. The second-order valence-electron chi connectivity index (χ2n) is 4.77. The average molecular weight is 256 g/mol. The van der Waals surface area contributed by atoms with Crippen molar-refractivity contribution in [1.29, 1.82) is 0 Å². The highest BCUT2D eigenvalue weighted by Crippen LogP contribution is 2.28. The van der Waals surface area contributed by atoms with Crippen LogP contribution in [0, 0.1) is 0 Å². The fourth-order valence-corrected chi connectivity index (χ4v) is 2.35. The normalized spacial score (nSPS) is 17.0. The number of fused-ring (bicyclic) bond motifs is 1. The number of nitrogens with zero attached hydrogens (tertiary/aromatic N) is 2. The van der Waals surface area contributed by atoms with Crippen molar-refractivity contribution in [2.45, 2.75) is 32.4 Å². The number of para-hydroxylation sites is 1. The lowest BCUT2D eigenvalue weighted by atomic mass is 10.0. The summed E-state index contributed by atoms with van der Waals surface area (Å²) < 4.78 is 7.52. The Kier molecular flexibility index (Phi) is 3.07. The van der Waals surface area contributed by atoms with E-state index in [4.69, 9.17) is 4.74 Å². The van der Waals surface area contributed by atoms with Gasteiger partial charge in [0.25, 0.3) is 0 Å². The number of Topliss-reactive ketones (excluding diaryl/α,β-unsaturated/α-hetero) is 1. The number of carbonyl (C=O) groups excluding carboxylic acids is 1. The van der Waals surface area contributed by atoms with Crippen molar-refractivity contribution in [1.82, 2.24) is 9.78 Å². The number of carbonyl (C=O) groups is 1. The molecule has 98 valence electrons. The molecule has 1 aromatic carbocycles. The van der Waals surface area contributed by atoms with E-state index in [-0.39, 0.29) is 11.9 Å². The maximum absolute atomic E-state index is 12.2. The van der Waals surface area contributed by atoms with Crippen molar-refractivity contribution in [3.8, 4) is 5.75 Å². The molecule has 2 aromatic rings. The number of aromatic nitrogens is 2. The summed E-state index contributed by atoms with van der Waals surface area (Å²) in [6, 6.07) is 7.83. The number of ketones is 1. The summed E-state index contributed by atoms with van der Waals surface area (Å²) in [5, 5.41) is 4.18. The molecule has 1 unspecified atom stereocenters. The first-order valence-corrected chi connectivity index (χ1v) is 6.55. The van der Waals surface area contributed by atoms with Gasteiger partial charge in [-0.2, -0.15) is 5.10 Å². The van der Waals surface area contributed by atoms with Gasteiger partial charge in [0.15, 0.2) is 11.9 Å². The molecule has 0 saturated heterocycles. The Hall–Kier alpha value is -2.10. The molecule has 2 heterocycles. The van der Waals surface area contributed by atoms with Gasteiger partial charge in [-0.25, -0.2) is 0 Å². The number of aryl methyl sites for hydroxylation is 1. The Labute approximate surface area is 112 Å². The highest BCUT2D eigenvalue weighted by atomic mass is 16.5. The molecule has 0 fully saturated rings. The molecule has 1 atom stereocenters. The van der Waals surface area contributed by atoms with Crippen LogP contribution in [-0.2, 0) is 24.2 Å². The van der Waals surface area contributed by atoms with Gasteiger partial charge in [0.1, 0.15) is 5.75 Å². The number of ether oxygens (including phenoxy) is 1. The molecule has 0 radical (unpaired) electrons. The average Bonchev–Trinajstić information content (AvgIpc) is 3.04. The summed E-state index contributed by atoms with van der Waals surface area (Å²) in [4.78, 5) is 12.2. The van der Waals surface area contributed by atoms with Crippen molar-refractivity contribution in [3.63, 3.8) is 0 Å². The van der Waals surface area contributed by atoms with E-state index < -0.39 is 0 Å². The van der Waals surface area contributed by atoms with Gasteiger partial charge >= 0.3 is 0 Å². The Bertz CT molecular complexity index is 579. The van der Waals surface area contributed by atoms with E-state index in [0.29, 0.717) is 12.8 Å². The Morgan fingerprint density at radius 1 is 1.47 bits per heavy atom. The molecular formula is C15H16N2O2. The van der Waals surface area contributed by atoms with Crippen molar-refractivity contribution >= 4 is 5.78 Å². The van der Waals surface area contributed by atoms with Gasteiger partial charge in [-0.05, 0) is 24.1 Å². The van der Waals surface area contributed by atoms with Gasteiger partial charge < -0.3 is 4.74 Å². The fourth-order valence-electron chi connectivity index (χ4n) is 2.35. The number of benzene rings is 1. The van der Waals surface area contributed by atoms with E-state index in [2.05, 4.69) is 5.10 Å². The lowest BCUT2D eigenvalue weighted by molar-refractivity contribution is -0.124. The van der Waals surface area contributed by atoms with Crippen molar-refractivity contribution in [2.75, 3.05) is 0 Å². The van der Waals surface area contributed by atoms with Crippen LogP contribution in [0.3, 0.4) is 0 Å². The number of hydrogen-bond donors (Lipinski definition) is 0. The summed E-state index contributed by atoms with van der Waals surface area (Å²) >= 11 is 0. The zero-order chi connectivity index (χ0) is 13.2. The largest absolute Gasteiger partial charge is 0.482 e. The highest BCUT2D eigenvalue weighted by Gasteiger charge is 2.28. The molecule has 19 heavy (non-hydrogen) atoms. The highest BCUT2D eigenvalue weighted by molar-refractivity contribution is 5.86. The van der Waals surface area contributed by atoms with Crippen molar-refractivity contribution in [3.05, 3.63) is 47.8 Å². The zero-order valence-electron chi connectivity index (χ0n) is 10.9. The number of rotatable bonds is 4. The van der Waals surface area contributed by atoms with Crippen LogP contribution in [0.15, 0.2) is 36.7 Å². The molecule has 0 saturated carbocycles. The van der Waals surface area contributed by atoms with Gasteiger partial charge in [0.05, 0.1) is 6.20 Å². The molecular weight excluding hydrogens is 240 g/mol. The van der Waals surface area contributed by atoms with E-state index in [9.17, 15) is 4.79 Å². The lowest BCUT2D eigenvalue weighted by Crippen LogP contribution is -2.26. The van der Waals surface area contributed by atoms with Crippen LogP contribution in [0.2, 0.25) is 0 Å². The van der Waals surface area contributed by atoms with Crippen LogP contribution in [0.25, 0.3) is 0 Å². The van der Waals surface area contributed by atoms with E-state index in [0.717, 1.165) is 23.4 Å². The van der Waals surface area contributed by atoms with E-state index in [1.807, 2.05) is 42.1 Å². The monoisotopic (exact) mass is 256 g/mol. The Balaban J connectivity index is 1.66. The van der Waals surface area contributed by atoms with Gasteiger partial charge in [-0.15, -0.1) is 0 Å². The van der Waals surface area contributed by atoms with Gasteiger partial charge in [-0.1, -0.05) is 18.2 Å². The van der Waals surface area contributed by atoms with Crippen LogP contribution in [0.1, 0.15) is 18.1 Å². The first-order valence-electron chi connectivity index (χ1n) is 6.55. The third-order valence-electron chi connectivity index (χ3n) is 3.40. The summed E-state index contributed by atoms with van der Waals surface area (Å²) in [5.74, 6) is 0.956. The molecule has 1 aliphatic rings. The summed E-state index contributed by atoms with van der Waals surface area (Å²) in [7, 11) is 0. The van der Waals surface area contributed by atoms with Gasteiger partial charge in [0, 0.05) is 25.6 Å². The second-order valence-corrected chi connectivity index (χ2v) is 4.77. The van der Waals surface area contributed by atoms with Crippen LogP contribution in [-0.4, -0.2) is 21.7 Å². The number of hydrogen-bond acceptors (Lipinski definition) is 3. The first-order chi connectivity index (χ1) is 9.26. The third kappa shape index (κ3) is 2.38. The summed E-state index contributed by atoms with van der Waals surface area (Å²) in [6.07, 6.45) is 4.39. The maximum Gasteiger partial charge on any atom is 0.178 e. The second kappa shape index (κ2) is 4.88. The summed E-state index contributed by atoms with van der Waals surface area (Å²) in [6.45, 7) is 2.84. The minimum Gasteiger partial charge on any atom is -0.482 e. The van der Waals surface area contributed by atoms with E-state index >= 15 is 0 Å². The predicted octanol–water partition coefficient (Wildman–Crippen LogP) is 2.02. The first kappa shape index (κ1) is 12.0. The van der Waals surface area contributed by atoms with E-state index in [1.165, 1.54) is 0 Å². The Morgan fingerprint density at radius 3 is 3.05 bits per heavy atom. The zero-order valence-corrected chi connectivity index (χ0v) is 10.9. The van der Waals surface area contributed by atoms with Crippen LogP contribution < -0.4 is 4.74 Å². The lowest BCUT2D eigenvalue weighted by Gasteiger charge is -2.08. The smallest absolute Gasteiger partial charge is 0.178 e. The van der Waals surface area contributed by atoms with E-state index in [1.54, 1.807) is 6.20 Å². The molecule has 4 heteroatoms. The van der Waals surface area contributed by atoms with Crippen molar-refractivity contribution in [2.24, 2.45) is 0 Å². The molecule has 1 aromatic heterocycles. The molecule has 1 aliphatic heterocycles. The standard InChI is InChI=1S/C15H16N2O2/c1-2-17-10-11(9-16-17)7-13(18)15-8-12-5-3-4-6-14(12)19-15/h3-6,9-10,15H,2,7-8H2,1H3. The summed E-state index contributed by atoms with van der Waals surface area (Å²) in [5.41, 5.74) is 2.07. The topological polar surface area (TPSA) is 44.1 Å². The molecule has 0 amide bonds. The molecule has 0 spiro atoms. The molecule has 0 aliphatic carbocycles. The van der Waals surface area contributed by atoms with Crippen LogP contribution in [0.4, 0.5) is 0 Å². The van der Waals surface area contributed by atoms with Crippen molar-refractivity contribution < 1.29 is 9.53 Å².